The fraction of sp³-hybridized carbons (Fsp3) is 0.529. The molecule has 1 aliphatic rings. The van der Waals surface area contributed by atoms with Crippen LogP contribution in [0.1, 0.15) is 43.4 Å². The molecular weight excluding hydrogens is 276 g/mol. The molecule has 22 heavy (non-hydrogen) atoms. The third kappa shape index (κ3) is 2.34. The Hall–Kier alpha value is -2.06. The van der Waals surface area contributed by atoms with Crippen LogP contribution in [0.3, 0.4) is 0 Å². The van der Waals surface area contributed by atoms with E-state index in [1.807, 2.05) is 18.5 Å². The molecule has 0 radical (unpaired) electrons. The highest BCUT2D eigenvalue weighted by molar-refractivity contribution is 5.36. The summed E-state index contributed by atoms with van der Waals surface area (Å²) in [6, 6.07) is 6.46. The minimum absolute atomic E-state index is 0.223. The Morgan fingerprint density at radius 3 is 2.55 bits per heavy atom. The van der Waals surface area contributed by atoms with Crippen LogP contribution < -0.4 is 0 Å². The summed E-state index contributed by atoms with van der Waals surface area (Å²) >= 11 is 0. The van der Waals surface area contributed by atoms with Crippen molar-refractivity contribution in [2.45, 2.75) is 45.7 Å². The van der Waals surface area contributed by atoms with Gasteiger partial charge in [-0.1, -0.05) is 0 Å². The molecule has 0 N–H and O–H groups in total. The van der Waals surface area contributed by atoms with E-state index in [-0.39, 0.29) is 6.04 Å². The molecule has 0 aromatic carbocycles. The molecule has 1 atom stereocenters. The summed E-state index contributed by atoms with van der Waals surface area (Å²) in [7, 11) is 0. The normalized spacial score (nSPS) is 18.6. The van der Waals surface area contributed by atoms with Crippen molar-refractivity contribution in [3.05, 3.63) is 46.7 Å². The molecule has 0 amide bonds. The lowest BCUT2D eigenvalue weighted by Gasteiger charge is -2.17. The third-order valence-electron chi connectivity index (χ3n) is 4.38. The van der Waals surface area contributed by atoms with Crippen LogP contribution in [-0.4, -0.2) is 27.6 Å². The van der Waals surface area contributed by atoms with Crippen molar-refractivity contribution in [2.75, 3.05) is 13.2 Å². The van der Waals surface area contributed by atoms with Crippen LogP contribution in [0.4, 0.5) is 0 Å². The molecule has 3 rings (SSSR count). The van der Waals surface area contributed by atoms with Crippen molar-refractivity contribution in [1.29, 1.82) is 0 Å². The van der Waals surface area contributed by atoms with Crippen LogP contribution in [0.5, 0.6) is 0 Å². The number of ether oxygens (including phenoxy) is 1. The van der Waals surface area contributed by atoms with Gasteiger partial charge in [0.05, 0.1) is 12.6 Å². The highest BCUT2D eigenvalue weighted by Crippen LogP contribution is 2.32. The molecule has 0 bridgehead atoms. The molecule has 1 aliphatic heterocycles. The molecule has 2 aromatic rings. The second-order valence-corrected chi connectivity index (χ2v) is 6.47. The van der Waals surface area contributed by atoms with Crippen LogP contribution >= 0.6 is 0 Å². The maximum Gasteiger partial charge on any atom is 0.268 e. The predicted molar refractivity (Wildman–Crippen MR) is 85.1 cm³/mol. The second-order valence-electron chi connectivity index (χ2n) is 6.47. The summed E-state index contributed by atoms with van der Waals surface area (Å²) < 4.78 is 9.66. The first-order valence-electron chi connectivity index (χ1n) is 7.66. The Balaban J connectivity index is 2.15. The van der Waals surface area contributed by atoms with Gasteiger partial charge in [-0.25, -0.2) is 6.57 Å². The first-order chi connectivity index (χ1) is 10.4. The first-order valence-corrected chi connectivity index (χ1v) is 7.66. The Morgan fingerprint density at radius 2 is 2.00 bits per heavy atom. The lowest BCUT2D eigenvalue weighted by atomic mass is 10.0. The minimum Gasteiger partial charge on any atom is -0.379 e. The number of aromatic nitrogens is 3. The van der Waals surface area contributed by atoms with E-state index in [9.17, 15) is 0 Å². The zero-order valence-electron chi connectivity index (χ0n) is 13.6. The molecule has 1 saturated heterocycles. The molecule has 3 heterocycles. The number of hydrogen-bond acceptors (Lipinski definition) is 2. The minimum atomic E-state index is -0.594. The van der Waals surface area contributed by atoms with Crippen molar-refractivity contribution in [3.63, 3.8) is 0 Å². The van der Waals surface area contributed by atoms with Crippen molar-refractivity contribution < 1.29 is 4.74 Å². The van der Waals surface area contributed by atoms with E-state index < -0.39 is 5.54 Å². The standard InChI is InChI=1S/C17H22N4O/c1-12-6-7-13(2)20(12)16-10-15(17(3,4)18-5)21(19-16)14-8-9-22-11-14/h6-7,10,14H,8-9,11H2,1-4H3/t14-/m1/s1. The van der Waals surface area contributed by atoms with Gasteiger partial charge < -0.3 is 14.1 Å². The molecule has 5 heteroatoms. The summed E-state index contributed by atoms with van der Waals surface area (Å²) in [5, 5.41) is 4.83. The van der Waals surface area contributed by atoms with Gasteiger partial charge in [0.2, 0.25) is 0 Å². The first kappa shape index (κ1) is 14.9. The Kier molecular flexibility index (Phi) is 3.57. The summed E-state index contributed by atoms with van der Waals surface area (Å²) in [5.41, 5.74) is 2.66. The molecule has 116 valence electrons. The SMILES string of the molecule is [C-]#[N+]C(C)(C)c1cc(-n2c(C)ccc2C)nn1[C@@H]1CCOC1. The van der Waals surface area contributed by atoms with E-state index in [1.54, 1.807) is 0 Å². The molecule has 0 spiro atoms. The largest absolute Gasteiger partial charge is 0.379 e. The fourth-order valence-corrected chi connectivity index (χ4v) is 3.03. The highest BCUT2D eigenvalue weighted by Gasteiger charge is 2.35. The molecular formula is C17H22N4O. The van der Waals surface area contributed by atoms with Crippen molar-refractivity contribution in [3.8, 4) is 5.82 Å². The fourth-order valence-electron chi connectivity index (χ4n) is 3.03. The maximum absolute atomic E-state index is 7.52. The quantitative estimate of drug-likeness (QED) is 0.814. The van der Waals surface area contributed by atoms with E-state index in [4.69, 9.17) is 16.4 Å². The van der Waals surface area contributed by atoms with Crippen LogP contribution in [-0.2, 0) is 10.3 Å². The van der Waals surface area contributed by atoms with Gasteiger partial charge in [0.1, 0.15) is 5.69 Å². The predicted octanol–water partition coefficient (Wildman–Crippen LogP) is 3.41. The van der Waals surface area contributed by atoms with E-state index in [0.29, 0.717) is 6.61 Å². The Labute approximate surface area is 131 Å². The highest BCUT2D eigenvalue weighted by atomic mass is 16.5. The summed E-state index contributed by atoms with van der Waals surface area (Å²) in [6.45, 7) is 17.0. The van der Waals surface area contributed by atoms with Gasteiger partial charge in [0, 0.05) is 37.9 Å². The Morgan fingerprint density at radius 1 is 1.32 bits per heavy atom. The summed E-state index contributed by atoms with van der Waals surface area (Å²) in [6.07, 6.45) is 0.950. The maximum atomic E-state index is 7.52. The van der Waals surface area contributed by atoms with Crippen LogP contribution in [0.25, 0.3) is 10.7 Å². The Bertz CT molecular complexity index is 707. The van der Waals surface area contributed by atoms with Gasteiger partial charge in [0.25, 0.3) is 5.54 Å². The lowest BCUT2D eigenvalue weighted by molar-refractivity contribution is 0.183. The molecule has 2 aromatic heterocycles. The molecule has 5 nitrogen and oxygen atoms in total. The van der Waals surface area contributed by atoms with Crippen LogP contribution in [0.2, 0.25) is 0 Å². The topological polar surface area (TPSA) is 36.3 Å². The van der Waals surface area contributed by atoms with Gasteiger partial charge in [-0.3, -0.25) is 4.68 Å². The van der Waals surface area contributed by atoms with E-state index >= 15 is 0 Å². The van der Waals surface area contributed by atoms with Crippen LogP contribution in [0.15, 0.2) is 18.2 Å². The van der Waals surface area contributed by atoms with Gasteiger partial charge in [-0.2, -0.15) is 5.10 Å². The van der Waals surface area contributed by atoms with Crippen molar-refractivity contribution in [1.82, 2.24) is 14.3 Å². The zero-order chi connectivity index (χ0) is 15.9. The van der Waals surface area contributed by atoms with Crippen molar-refractivity contribution in [2.24, 2.45) is 0 Å². The summed E-state index contributed by atoms with van der Waals surface area (Å²) in [5.74, 6) is 0.888. The van der Waals surface area contributed by atoms with E-state index in [0.717, 1.165) is 35.9 Å². The van der Waals surface area contributed by atoms with Gasteiger partial charge in [-0.15, -0.1) is 0 Å². The molecule has 1 fully saturated rings. The third-order valence-corrected chi connectivity index (χ3v) is 4.38. The monoisotopic (exact) mass is 298 g/mol. The molecule has 0 aliphatic carbocycles. The number of rotatable bonds is 3. The van der Waals surface area contributed by atoms with Gasteiger partial charge in [-0.05, 0) is 32.4 Å². The van der Waals surface area contributed by atoms with Gasteiger partial charge in [0.15, 0.2) is 5.82 Å². The molecule has 0 unspecified atom stereocenters. The van der Waals surface area contributed by atoms with E-state index in [1.165, 1.54) is 0 Å². The average Bonchev–Trinajstić information content (AvgIpc) is 3.18. The second kappa shape index (κ2) is 5.29. The number of hydrogen-bond donors (Lipinski definition) is 0. The van der Waals surface area contributed by atoms with Gasteiger partial charge >= 0.3 is 0 Å². The van der Waals surface area contributed by atoms with Crippen LogP contribution in [0, 0.1) is 20.4 Å². The zero-order valence-corrected chi connectivity index (χ0v) is 13.6. The molecule has 0 saturated carbocycles. The average molecular weight is 298 g/mol. The number of nitrogens with zero attached hydrogens (tertiary/aromatic N) is 4. The lowest BCUT2D eigenvalue weighted by Crippen LogP contribution is -2.22. The smallest absolute Gasteiger partial charge is 0.268 e. The number of aryl methyl sites for hydroxylation is 2. The summed E-state index contributed by atoms with van der Waals surface area (Å²) in [4.78, 5) is 3.80. The van der Waals surface area contributed by atoms with E-state index in [2.05, 4.69) is 41.5 Å². The van der Waals surface area contributed by atoms with Crippen molar-refractivity contribution >= 4 is 0 Å².